The van der Waals surface area contributed by atoms with Gasteiger partial charge in [0.05, 0.1) is 27.6 Å². The SMILES string of the molecule is c1ccc(-c2nc(-c3ccccc3)nc(-c3cccc(-n4c5cc6c(ccn6-c6ccccc6)cc5c5ccc6c(c7ccccc7n6-c6ccccc6)c54)c3)n2)cc1. The number of hydrogen-bond donors (Lipinski definition) is 0. The molecule has 12 rings (SSSR count). The van der Waals surface area contributed by atoms with Crippen molar-refractivity contribution in [3.63, 3.8) is 0 Å². The number of hydrogen-bond acceptors (Lipinski definition) is 3. The van der Waals surface area contributed by atoms with E-state index in [0.29, 0.717) is 17.5 Å². The van der Waals surface area contributed by atoms with Crippen molar-refractivity contribution in [1.82, 2.24) is 28.7 Å². The Bertz CT molecular complexity index is 3470. The van der Waals surface area contributed by atoms with E-state index in [9.17, 15) is 0 Å². The first-order valence-corrected chi connectivity index (χ1v) is 19.9. The second kappa shape index (κ2) is 13.3. The van der Waals surface area contributed by atoms with Crippen molar-refractivity contribution in [3.8, 4) is 51.2 Å². The third kappa shape index (κ3) is 5.31. The molecule has 0 fully saturated rings. The Kier molecular flexibility index (Phi) is 7.43. The van der Waals surface area contributed by atoms with Gasteiger partial charge in [-0.1, -0.05) is 133 Å². The highest BCUT2D eigenvalue weighted by atomic mass is 15.0. The topological polar surface area (TPSA) is 53.5 Å². The molecule has 0 amide bonds. The van der Waals surface area contributed by atoms with Crippen LogP contribution in [0.4, 0.5) is 0 Å². The molecular formula is C53H34N6. The van der Waals surface area contributed by atoms with Crippen LogP contribution >= 0.6 is 0 Å². The zero-order valence-corrected chi connectivity index (χ0v) is 31.8. The Labute approximate surface area is 339 Å². The highest BCUT2D eigenvalue weighted by Crippen LogP contribution is 2.43. The van der Waals surface area contributed by atoms with Crippen molar-refractivity contribution in [2.75, 3.05) is 0 Å². The molecule has 0 saturated carbocycles. The fourth-order valence-corrected chi connectivity index (χ4v) is 8.84. The van der Waals surface area contributed by atoms with Gasteiger partial charge in [-0.15, -0.1) is 0 Å². The molecule has 0 aliphatic rings. The Balaban J connectivity index is 1.17. The lowest BCUT2D eigenvalue weighted by molar-refractivity contribution is 1.07. The summed E-state index contributed by atoms with van der Waals surface area (Å²) in [5.74, 6) is 1.89. The van der Waals surface area contributed by atoms with Gasteiger partial charge >= 0.3 is 0 Å². The fraction of sp³-hybridized carbons (Fsp3) is 0. The van der Waals surface area contributed by atoms with Gasteiger partial charge in [-0.3, -0.25) is 0 Å². The Morgan fingerprint density at radius 2 is 0.898 bits per heavy atom. The second-order valence-corrected chi connectivity index (χ2v) is 14.9. The van der Waals surface area contributed by atoms with Crippen LogP contribution in [0.5, 0.6) is 0 Å². The van der Waals surface area contributed by atoms with E-state index in [-0.39, 0.29) is 0 Å². The summed E-state index contributed by atoms with van der Waals surface area (Å²) in [7, 11) is 0. The minimum Gasteiger partial charge on any atom is -0.316 e. The lowest BCUT2D eigenvalue weighted by Crippen LogP contribution is -2.01. The number of nitrogens with zero attached hydrogens (tertiary/aromatic N) is 6. The van der Waals surface area contributed by atoms with Crippen LogP contribution in [-0.2, 0) is 0 Å². The molecule has 276 valence electrons. The lowest BCUT2D eigenvalue weighted by atomic mass is 10.1. The maximum absolute atomic E-state index is 5.12. The van der Waals surface area contributed by atoms with E-state index in [0.717, 1.165) is 55.8 Å². The van der Waals surface area contributed by atoms with Gasteiger partial charge in [0.2, 0.25) is 0 Å². The maximum atomic E-state index is 5.12. The van der Waals surface area contributed by atoms with Gasteiger partial charge in [0.15, 0.2) is 17.5 Å². The number of fused-ring (bicyclic) bond motifs is 8. The van der Waals surface area contributed by atoms with Crippen molar-refractivity contribution >= 4 is 54.5 Å². The highest BCUT2D eigenvalue weighted by molar-refractivity contribution is 6.27. The number of rotatable bonds is 6. The monoisotopic (exact) mass is 754 g/mol. The Hall–Kier alpha value is -8.09. The van der Waals surface area contributed by atoms with Crippen molar-refractivity contribution < 1.29 is 0 Å². The van der Waals surface area contributed by atoms with Crippen LogP contribution < -0.4 is 0 Å². The summed E-state index contributed by atoms with van der Waals surface area (Å²) in [6.45, 7) is 0. The highest BCUT2D eigenvalue weighted by Gasteiger charge is 2.22. The van der Waals surface area contributed by atoms with E-state index >= 15 is 0 Å². The molecule has 0 saturated heterocycles. The molecule has 0 bridgehead atoms. The first-order chi connectivity index (χ1) is 29.3. The summed E-state index contributed by atoms with van der Waals surface area (Å²) in [6, 6.07) is 70.5. The molecular weight excluding hydrogens is 721 g/mol. The van der Waals surface area contributed by atoms with Crippen molar-refractivity contribution in [3.05, 3.63) is 206 Å². The largest absolute Gasteiger partial charge is 0.316 e. The summed E-state index contributed by atoms with van der Waals surface area (Å²) in [5.41, 5.74) is 11.8. The number of para-hydroxylation sites is 3. The standard InChI is InChI=1S/C53H34N6/c1-5-16-35(17-6-1)51-54-52(36-18-7-2-8-19-36)56-53(55-51)38-20-15-25-41(32-38)59-48-34-47-37(30-31-57(47)39-21-9-3-10-22-39)33-44(48)42-28-29-46-49(50(42)59)43-26-13-14-27-45(43)58(46)40-23-11-4-12-24-40/h1-34H. The van der Waals surface area contributed by atoms with Crippen LogP contribution in [0.3, 0.4) is 0 Å². The Morgan fingerprint density at radius 1 is 0.322 bits per heavy atom. The Morgan fingerprint density at radius 3 is 1.59 bits per heavy atom. The van der Waals surface area contributed by atoms with Crippen molar-refractivity contribution in [1.29, 1.82) is 0 Å². The third-order valence-corrected chi connectivity index (χ3v) is 11.5. The number of benzene rings is 8. The summed E-state index contributed by atoms with van der Waals surface area (Å²) in [5, 5.41) is 5.99. The lowest BCUT2D eigenvalue weighted by Gasteiger charge is -2.13. The van der Waals surface area contributed by atoms with Gasteiger partial charge in [0.25, 0.3) is 0 Å². The molecule has 6 nitrogen and oxygen atoms in total. The van der Waals surface area contributed by atoms with Gasteiger partial charge in [0, 0.05) is 66.9 Å². The average molecular weight is 755 g/mol. The normalized spacial score (nSPS) is 11.7. The molecule has 4 aromatic heterocycles. The van der Waals surface area contributed by atoms with E-state index in [1.807, 2.05) is 60.7 Å². The molecule has 0 N–H and O–H groups in total. The van der Waals surface area contributed by atoms with Crippen molar-refractivity contribution in [2.24, 2.45) is 0 Å². The third-order valence-electron chi connectivity index (χ3n) is 11.5. The smallest absolute Gasteiger partial charge is 0.164 e. The zero-order valence-electron chi connectivity index (χ0n) is 31.8. The predicted octanol–water partition coefficient (Wildman–Crippen LogP) is 13.0. The van der Waals surface area contributed by atoms with Crippen LogP contribution in [0.1, 0.15) is 0 Å². The molecule has 0 aliphatic carbocycles. The minimum absolute atomic E-state index is 0.617. The van der Waals surface area contributed by atoms with Crippen LogP contribution in [-0.4, -0.2) is 28.7 Å². The van der Waals surface area contributed by atoms with E-state index in [1.54, 1.807) is 0 Å². The van der Waals surface area contributed by atoms with Gasteiger partial charge in [0.1, 0.15) is 0 Å². The summed E-state index contributed by atoms with van der Waals surface area (Å²) in [6.07, 6.45) is 2.17. The van der Waals surface area contributed by atoms with Crippen molar-refractivity contribution in [2.45, 2.75) is 0 Å². The molecule has 0 radical (unpaired) electrons. The molecule has 8 aromatic carbocycles. The van der Waals surface area contributed by atoms with E-state index in [2.05, 4.69) is 159 Å². The number of aromatic nitrogens is 6. The van der Waals surface area contributed by atoms with Gasteiger partial charge < -0.3 is 13.7 Å². The fourth-order valence-electron chi connectivity index (χ4n) is 8.84. The molecule has 12 aromatic rings. The van der Waals surface area contributed by atoms with Gasteiger partial charge in [-0.2, -0.15) is 0 Å². The molecule has 0 spiro atoms. The average Bonchev–Trinajstić information content (AvgIpc) is 3.99. The second-order valence-electron chi connectivity index (χ2n) is 14.9. The van der Waals surface area contributed by atoms with Crippen LogP contribution in [0, 0.1) is 0 Å². The molecule has 0 unspecified atom stereocenters. The van der Waals surface area contributed by atoms with E-state index < -0.39 is 0 Å². The first kappa shape index (κ1) is 33.1. The first-order valence-electron chi connectivity index (χ1n) is 19.9. The van der Waals surface area contributed by atoms with Gasteiger partial charge in [-0.05, 0) is 66.7 Å². The minimum atomic E-state index is 0.617. The van der Waals surface area contributed by atoms with Crippen LogP contribution in [0.25, 0.3) is 106 Å². The summed E-state index contributed by atoms with van der Waals surface area (Å²) < 4.78 is 7.13. The molecule has 6 heteroatoms. The maximum Gasteiger partial charge on any atom is 0.164 e. The van der Waals surface area contributed by atoms with E-state index in [4.69, 9.17) is 15.0 Å². The molecule has 59 heavy (non-hydrogen) atoms. The molecule has 0 aliphatic heterocycles. The predicted molar refractivity (Wildman–Crippen MR) is 242 cm³/mol. The summed E-state index contributed by atoms with van der Waals surface area (Å²) >= 11 is 0. The quantitative estimate of drug-likeness (QED) is 0.170. The van der Waals surface area contributed by atoms with Crippen LogP contribution in [0.15, 0.2) is 206 Å². The summed E-state index contributed by atoms with van der Waals surface area (Å²) in [4.78, 5) is 15.2. The van der Waals surface area contributed by atoms with Crippen LogP contribution in [0.2, 0.25) is 0 Å². The van der Waals surface area contributed by atoms with Gasteiger partial charge in [-0.25, -0.2) is 15.0 Å². The zero-order chi connectivity index (χ0) is 38.9. The van der Waals surface area contributed by atoms with E-state index in [1.165, 1.54) is 32.4 Å². The molecule has 4 heterocycles. The molecule has 0 atom stereocenters.